The Kier molecular flexibility index (Phi) is 3.76. The molecule has 0 aliphatic carbocycles. The van der Waals surface area contributed by atoms with E-state index in [0.717, 1.165) is 18.2 Å². The summed E-state index contributed by atoms with van der Waals surface area (Å²) in [5.41, 5.74) is -1.66. The highest BCUT2D eigenvalue weighted by Gasteiger charge is 2.33. The lowest BCUT2D eigenvalue weighted by molar-refractivity contribution is -0.141. The summed E-state index contributed by atoms with van der Waals surface area (Å²) in [6, 6.07) is 3.01. The lowest BCUT2D eigenvalue weighted by atomic mass is 10.3. The van der Waals surface area contributed by atoms with E-state index >= 15 is 0 Å². The smallest absolute Gasteiger partial charge is 0.338 e. The van der Waals surface area contributed by atoms with E-state index in [1.165, 1.54) is 0 Å². The van der Waals surface area contributed by atoms with Crippen molar-refractivity contribution in [2.24, 2.45) is 0 Å². The van der Waals surface area contributed by atoms with Crippen LogP contribution in [0.5, 0.6) is 0 Å². The Morgan fingerprint density at radius 3 is 2.40 bits per heavy atom. The lowest BCUT2D eigenvalue weighted by Crippen LogP contribution is -2.10. The van der Waals surface area contributed by atoms with Gasteiger partial charge in [-0.2, -0.15) is 13.2 Å². The quantitative estimate of drug-likeness (QED) is 0.668. The molecule has 0 saturated carbocycles. The van der Waals surface area contributed by atoms with Crippen molar-refractivity contribution in [1.82, 2.24) is 9.97 Å². The first-order chi connectivity index (χ1) is 9.25. The Hall–Kier alpha value is -1.96. The van der Waals surface area contributed by atoms with Crippen LogP contribution in [0, 0.1) is 11.6 Å². The van der Waals surface area contributed by atoms with Crippen LogP contribution in [0.3, 0.4) is 0 Å². The predicted molar refractivity (Wildman–Crippen MR) is 61.7 cm³/mol. The number of anilines is 2. The maximum atomic E-state index is 13.4. The van der Waals surface area contributed by atoms with Crippen LogP contribution in [0.1, 0.15) is 5.69 Å². The van der Waals surface area contributed by atoms with Gasteiger partial charge in [-0.25, -0.2) is 18.7 Å². The second-order valence-corrected chi connectivity index (χ2v) is 3.99. The van der Waals surface area contributed by atoms with Gasteiger partial charge in [0, 0.05) is 12.1 Å². The van der Waals surface area contributed by atoms with Gasteiger partial charge in [0.15, 0.2) is 5.69 Å². The average Bonchev–Trinajstić information content (AvgIpc) is 2.32. The Morgan fingerprint density at radius 1 is 1.05 bits per heavy atom. The molecule has 0 saturated heterocycles. The maximum Gasteiger partial charge on any atom is 0.433 e. The standard InChI is InChI=1S/C11H5ClF5N3/c12-10-19-8(11(15,16)17)4-9(20-10)18-7-3-5(13)1-2-6(7)14/h1-4H,(H,18,19,20). The molecule has 9 heteroatoms. The Balaban J connectivity index is 2.39. The molecule has 0 spiro atoms. The fraction of sp³-hybridized carbons (Fsp3) is 0.0909. The van der Waals surface area contributed by atoms with Gasteiger partial charge in [-0.1, -0.05) is 0 Å². The van der Waals surface area contributed by atoms with E-state index in [9.17, 15) is 22.0 Å². The monoisotopic (exact) mass is 309 g/mol. The lowest BCUT2D eigenvalue weighted by Gasteiger charge is -2.10. The molecule has 1 heterocycles. The molecule has 0 bridgehead atoms. The average molecular weight is 310 g/mol. The van der Waals surface area contributed by atoms with E-state index in [0.29, 0.717) is 6.07 Å². The SMILES string of the molecule is Fc1ccc(F)c(Nc2cc(C(F)(F)F)nc(Cl)n2)c1. The second kappa shape index (κ2) is 5.20. The summed E-state index contributed by atoms with van der Waals surface area (Å²) >= 11 is 5.36. The third kappa shape index (κ3) is 3.32. The molecular formula is C11H5ClF5N3. The van der Waals surface area contributed by atoms with Crippen LogP contribution in [0.25, 0.3) is 0 Å². The van der Waals surface area contributed by atoms with Gasteiger partial charge < -0.3 is 5.32 Å². The molecule has 1 aromatic carbocycles. The number of halogens is 6. The van der Waals surface area contributed by atoms with Crippen molar-refractivity contribution in [1.29, 1.82) is 0 Å². The summed E-state index contributed by atoms with van der Waals surface area (Å²) < 4.78 is 63.9. The molecule has 0 amide bonds. The molecule has 0 aliphatic rings. The highest BCUT2D eigenvalue weighted by atomic mass is 35.5. The van der Waals surface area contributed by atoms with Crippen molar-refractivity contribution in [3.63, 3.8) is 0 Å². The third-order valence-electron chi connectivity index (χ3n) is 2.18. The molecule has 0 radical (unpaired) electrons. The number of aromatic nitrogens is 2. The minimum atomic E-state index is -4.73. The zero-order valence-electron chi connectivity index (χ0n) is 9.47. The molecule has 0 fully saturated rings. The fourth-order valence-corrected chi connectivity index (χ4v) is 1.54. The van der Waals surface area contributed by atoms with E-state index < -0.39 is 34.6 Å². The van der Waals surface area contributed by atoms with Gasteiger partial charge in [0.05, 0.1) is 5.69 Å². The first kappa shape index (κ1) is 14.4. The fourth-order valence-electron chi connectivity index (χ4n) is 1.36. The molecule has 1 N–H and O–H groups in total. The van der Waals surface area contributed by atoms with Gasteiger partial charge in [0.25, 0.3) is 0 Å². The van der Waals surface area contributed by atoms with Gasteiger partial charge in [-0.15, -0.1) is 0 Å². The molecule has 0 atom stereocenters. The van der Waals surface area contributed by atoms with Crippen LogP contribution in [0.15, 0.2) is 24.3 Å². The maximum absolute atomic E-state index is 13.4. The highest BCUT2D eigenvalue weighted by Crippen LogP contribution is 2.30. The number of rotatable bonds is 2. The van der Waals surface area contributed by atoms with Gasteiger partial charge in [0.2, 0.25) is 5.28 Å². The Morgan fingerprint density at radius 2 is 1.75 bits per heavy atom. The number of hydrogen-bond acceptors (Lipinski definition) is 3. The third-order valence-corrected chi connectivity index (χ3v) is 2.35. The topological polar surface area (TPSA) is 37.8 Å². The van der Waals surface area contributed by atoms with Gasteiger partial charge in [-0.05, 0) is 23.7 Å². The largest absolute Gasteiger partial charge is 0.433 e. The molecule has 1 aromatic heterocycles. The predicted octanol–water partition coefficient (Wildman–Crippen LogP) is 4.17. The molecule has 3 nitrogen and oxygen atoms in total. The van der Waals surface area contributed by atoms with Crippen LogP contribution < -0.4 is 5.32 Å². The van der Waals surface area contributed by atoms with E-state index in [1.807, 2.05) is 0 Å². The number of benzene rings is 1. The molecule has 2 rings (SSSR count). The van der Waals surface area contributed by atoms with E-state index in [-0.39, 0.29) is 5.69 Å². The number of hydrogen-bond donors (Lipinski definition) is 1. The van der Waals surface area contributed by atoms with Gasteiger partial charge in [-0.3, -0.25) is 0 Å². The van der Waals surface area contributed by atoms with E-state index in [4.69, 9.17) is 11.6 Å². The van der Waals surface area contributed by atoms with E-state index in [2.05, 4.69) is 15.3 Å². The zero-order valence-corrected chi connectivity index (χ0v) is 10.2. The van der Waals surface area contributed by atoms with Crippen molar-refractivity contribution in [2.75, 3.05) is 5.32 Å². The van der Waals surface area contributed by atoms with Crippen LogP contribution in [-0.2, 0) is 6.18 Å². The van der Waals surface area contributed by atoms with E-state index in [1.54, 1.807) is 0 Å². The Labute approximate surface area is 114 Å². The minimum Gasteiger partial charge on any atom is -0.338 e. The zero-order chi connectivity index (χ0) is 14.9. The normalized spacial score (nSPS) is 11.5. The van der Waals surface area contributed by atoms with Gasteiger partial charge >= 0.3 is 6.18 Å². The summed E-state index contributed by atoms with van der Waals surface area (Å²) in [6.45, 7) is 0. The number of nitrogens with zero attached hydrogens (tertiary/aromatic N) is 2. The van der Waals surface area contributed by atoms with Crippen molar-refractivity contribution in [2.45, 2.75) is 6.18 Å². The number of nitrogens with one attached hydrogen (secondary N) is 1. The molecule has 2 aromatic rings. The summed E-state index contributed by atoms with van der Waals surface area (Å²) in [6.07, 6.45) is -4.73. The summed E-state index contributed by atoms with van der Waals surface area (Å²) in [4.78, 5) is 6.48. The van der Waals surface area contributed by atoms with Crippen LogP contribution in [-0.4, -0.2) is 9.97 Å². The molecule has 0 aliphatic heterocycles. The molecule has 20 heavy (non-hydrogen) atoms. The molecular weight excluding hydrogens is 305 g/mol. The highest BCUT2D eigenvalue weighted by molar-refractivity contribution is 6.28. The molecule has 106 valence electrons. The van der Waals surface area contributed by atoms with Crippen molar-refractivity contribution >= 4 is 23.1 Å². The van der Waals surface area contributed by atoms with Crippen molar-refractivity contribution < 1.29 is 22.0 Å². The molecule has 0 unspecified atom stereocenters. The van der Waals surface area contributed by atoms with Crippen LogP contribution >= 0.6 is 11.6 Å². The van der Waals surface area contributed by atoms with Crippen LogP contribution in [0.4, 0.5) is 33.5 Å². The Bertz CT molecular complexity index is 644. The first-order valence-electron chi connectivity index (χ1n) is 5.09. The summed E-state index contributed by atoms with van der Waals surface area (Å²) in [5, 5.41) is 1.55. The summed E-state index contributed by atoms with van der Waals surface area (Å²) in [7, 11) is 0. The van der Waals surface area contributed by atoms with Crippen molar-refractivity contribution in [3.8, 4) is 0 Å². The second-order valence-electron chi connectivity index (χ2n) is 3.65. The van der Waals surface area contributed by atoms with Crippen LogP contribution in [0.2, 0.25) is 5.28 Å². The van der Waals surface area contributed by atoms with Crippen molar-refractivity contribution in [3.05, 3.63) is 46.9 Å². The first-order valence-corrected chi connectivity index (χ1v) is 5.47. The van der Waals surface area contributed by atoms with Gasteiger partial charge in [0.1, 0.15) is 17.5 Å². The summed E-state index contributed by atoms with van der Waals surface area (Å²) in [5.74, 6) is -2.01. The minimum absolute atomic E-state index is 0.368. The number of alkyl halides is 3.